The predicted molar refractivity (Wildman–Crippen MR) is 83.1 cm³/mol. The molecular formula is C15H20BrNO4. The van der Waals surface area contributed by atoms with Crippen LogP contribution < -0.4 is 4.74 Å². The first-order valence-corrected chi connectivity index (χ1v) is 7.67. The average Bonchev–Trinajstić information content (AvgIpc) is 2.44. The molecule has 0 N–H and O–H groups in total. The van der Waals surface area contributed by atoms with Crippen molar-refractivity contribution in [1.29, 1.82) is 0 Å². The Kier molecular flexibility index (Phi) is 7.82. The van der Waals surface area contributed by atoms with Crippen molar-refractivity contribution in [2.75, 3.05) is 26.3 Å². The van der Waals surface area contributed by atoms with Gasteiger partial charge in [-0.05, 0) is 31.5 Å². The van der Waals surface area contributed by atoms with E-state index in [0.717, 1.165) is 10.9 Å². The Morgan fingerprint density at radius 2 is 2.05 bits per heavy atom. The van der Waals surface area contributed by atoms with Crippen molar-refractivity contribution in [2.45, 2.75) is 20.3 Å². The van der Waals surface area contributed by atoms with Crippen LogP contribution in [0.25, 0.3) is 0 Å². The highest BCUT2D eigenvalue weighted by atomic mass is 79.9. The first-order chi connectivity index (χ1) is 10.1. The van der Waals surface area contributed by atoms with Crippen molar-refractivity contribution in [3.8, 4) is 5.75 Å². The van der Waals surface area contributed by atoms with Gasteiger partial charge >= 0.3 is 5.97 Å². The number of benzene rings is 1. The standard InChI is InChI=1S/C15H20BrNO4/c1-3-8-17(10-15(19)20-4-2)14(18)11-21-13-7-5-6-12(16)9-13/h5-7,9H,3-4,8,10-11H2,1-2H3. The van der Waals surface area contributed by atoms with Gasteiger partial charge in [0, 0.05) is 11.0 Å². The Balaban J connectivity index is 2.54. The quantitative estimate of drug-likeness (QED) is 0.671. The summed E-state index contributed by atoms with van der Waals surface area (Å²) in [5.74, 6) is -0.0306. The topological polar surface area (TPSA) is 55.8 Å². The maximum Gasteiger partial charge on any atom is 0.325 e. The summed E-state index contributed by atoms with van der Waals surface area (Å²) in [7, 11) is 0. The van der Waals surface area contributed by atoms with E-state index >= 15 is 0 Å². The third-order valence-corrected chi connectivity index (χ3v) is 3.12. The van der Waals surface area contributed by atoms with E-state index in [9.17, 15) is 9.59 Å². The van der Waals surface area contributed by atoms with Crippen LogP contribution in [-0.4, -0.2) is 43.1 Å². The lowest BCUT2D eigenvalue weighted by molar-refractivity contribution is -0.149. The molecule has 0 aromatic heterocycles. The highest BCUT2D eigenvalue weighted by Crippen LogP contribution is 2.17. The summed E-state index contributed by atoms with van der Waals surface area (Å²) in [4.78, 5) is 25.1. The summed E-state index contributed by atoms with van der Waals surface area (Å²) in [6.07, 6.45) is 0.766. The number of hydrogen-bond acceptors (Lipinski definition) is 4. The summed E-state index contributed by atoms with van der Waals surface area (Å²) in [5, 5.41) is 0. The number of amides is 1. The molecule has 0 spiro atoms. The van der Waals surface area contributed by atoms with Crippen LogP contribution in [0, 0.1) is 0 Å². The zero-order valence-corrected chi connectivity index (χ0v) is 13.9. The first-order valence-electron chi connectivity index (χ1n) is 6.88. The van der Waals surface area contributed by atoms with Crippen molar-refractivity contribution in [3.05, 3.63) is 28.7 Å². The van der Waals surface area contributed by atoms with Gasteiger partial charge in [-0.25, -0.2) is 0 Å². The van der Waals surface area contributed by atoms with Crippen molar-refractivity contribution in [2.24, 2.45) is 0 Å². The molecule has 5 nitrogen and oxygen atoms in total. The number of carbonyl (C=O) groups excluding carboxylic acids is 2. The first kappa shape index (κ1) is 17.5. The number of hydrogen-bond donors (Lipinski definition) is 0. The Morgan fingerprint density at radius 1 is 1.29 bits per heavy atom. The molecule has 1 rings (SSSR count). The lowest BCUT2D eigenvalue weighted by Crippen LogP contribution is -2.39. The molecule has 0 fully saturated rings. The average molecular weight is 358 g/mol. The lowest BCUT2D eigenvalue weighted by atomic mass is 10.3. The maximum absolute atomic E-state index is 12.1. The molecule has 0 saturated heterocycles. The normalized spacial score (nSPS) is 10.0. The van der Waals surface area contributed by atoms with Gasteiger partial charge < -0.3 is 14.4 Å². The largest absolute Gasteiger partial charge is 0.484 e. The molecule has 0 atom stereocenters. The van der Waals surface area contributed by atoms with Crippen LogP contribution in [0.3, 0.4) is 0 Å². The van der Waals surface area contributed by atoms with Crippen LogP contribution in [-0.2, 0) is 14.3 Å². The van der Waals surface area contributed by atoms with Gasteiger partial charge in [0.25, 0.3) is 5.91 Å². The summed E-state index contributed by atoms with van der Waals surface area (Å²) in [5.41, 5.74) is 0. The number of carbonyl (C=O) groups is 2. The van der Waals surface area contributed by atoms with Crippen LogP contribution in [0.4, 0.5) is 0 Å². The molecule has 0 radical (unpaired) electrons. The minimum atomic E-state index is -0.401. The monoisotopic (exact) mass is 357 g/mol. The number of esters is 1. The fourth-order valence-electron chi connectivity index (χ4n) is 1.72. The summed E-state index contributed by atoms with van der Waals surface area (Å²) in [6, 6.07) is 7.25. The van der Waals surface area contributed by atoms with E-state index in [1.807, 2.05) is 19.1 Å². The summed E-state index contributed by atoms with van der Waals surface area (Å²) < 4.78 is 11.2. The van der Waals surface area contributed by atoms with E-state index in [1.54, 1.807) is 19.1 Å². The molecule has 6 heteroatoms. The molecule has 0 aliphatic carbocycles. The van der Waals surface area contributed by atoms with Gasteiger partial charge in [0.15, 0.2) is 6.61 Å². The molecule has 0 aliphatic rings. The molecule has 116 valence electrons. The van der Waals surface area contributed by atoms with Gasteiger partial charge in [0.05, 0.1) is 6.61 Å². The van der Waals surface area contributed by atoms with E-state index < -0.39 is 5.97 Å². The minimum absolute atomic E-state index is 0.0393. The highest BCUT2D eigenvalue weighted by molar-refractivity contribution is 9.10. The molecule has 0 heterocycles. The molecule has 0 unspecified atom stereocenters. The predicted octanol–water partition coefficient (Wildman–Crippen LogP) is 2.63. The van der Waals surface area contributed by atoms with Gasteiger partial charge in [-0.2, -0.15) is 0 Å². The SMILES string of the molecule is CCCN(CC(=O)OCC)C(=O)COc1cccc(Br)c1. The Bertz CT molecular complexity index is 478. The third kappa shape index (κ3) is 6.62. The minimum Gasteiger partial charge on any atom is -0.484 e. The molecule has 1 aromatic rings. The Morgan fingerprint density at radius 3 is 2.67 bits per heavy atom. The van der Waals surface area contributed by atoms with Gasteiger partial charge in [0.2, 0.25) is 0 Å². The number of halogens is 1. The summed E-state index contributed by atoms with van der Waals surface area (Å²) >= 11 is 3.34. The number of rotatable bonds is 8. The molecule has 1 amide bonds. The van der Waals surface area contributed by atoms with Crippen molar-refractivity contribution in [3.63, 3.8) is 0 Å². The Labute approximate surface area is 133 Å². The van der Waals surface area contributed by atoms with E-state index in [1.165, 1.54) is 4.90 Å². The van der Waals surface area contributed by atoms with Crippen LogP contribution in [0.5, 0.6) is 5.75 Å². The van der Waals surface area contributed by atoms with E-state index in [2.05, 4.69) is 15.9 Å². The zero-order valence-electron chi connectivity index (χ0n) is 12.3. The van der Waals surface area contributed by atoms with Crippen molar-refractivity contribution in [1.82, 2.24) is 4.90 Å². The van der Waals surface area contributed by atoms with Gasteiger partial charge in [-0.1, -0.05) is 28.9 Å². The Hall–Kier alpha value is -1.56. The molecule has 1 aromatic carbocycles. The third-order valence-electron chi connectivity index (χ3n) is 2.63. The van der Waals surface area contributed by atoms with Crippen LogP contribution in [0.15, 0.2) is 28.7 Å². The fourth-order valence-corrected chi connectivity index (χ4v) is 2.10. The molecule has 0 aliphatic heterocycles. The van der Waals surface area contributed by atoms with Gasteiger partial charge in [0.1, 0.15) is 12.3 Å². The smallest absolute Gasteiger partial charge is 0.325 e. The van der Waals surface area contributed by atoms with E-state index in [-0.39, 0.29) is 19.1 Å². The number of ether oxygens (including phenoxy) is 2. The van der Waals surface area contributed by atoms with Crippen LogP contribution >= 0.6 is 15.9 Å². The van der Waals surface area contributed by atoms with E-state index in [0.29, 0.717) is 18.9 Å². The number of nitrogens with zero attached hydrogens (tertiary/aromatic N) is 1. The molecular weight excluding hydrogens is 338 g/mol. The second kappa shape index (κ2) is 9.39. The fraction of sp³-hybridized carbons (Fsp3) is 0.467. The highest BCUT2D eigenvalue weighted by Gasteiger charge is 2.17. The zero-order chi connectivity index (χ0) is 15.7. The van der Waals surface area contributed by atoms with Gasteiger partial charge in [-0.15, -0.1) is 0 Å². The van der Waals surface area contributed by atoms with Crippen LogP contribution in [0.1, 0.15) is 20.3 Å². The second-order valence-electron chi connectivity index (χ2n) is 4.37. The van der Waals surface area contributed by atoms with Crippen molar-refractivity contribution >= 4 is 27.8 Å². The van der Waals surface area contributed by atoms with Crippen LogP contribution in [0.2, 0.25) is 0 Å². The van der Waals surface area contributed by atoms with Crippen molar-refractivity contribution < 1.29 is 19.1 Å². The lowest BCUT2D eigenvalue weighted by Gasteiger charge is -2.21. The molecule has 0 bridgehead atoms. The van der Waals surface area contributed by atoms with Gasteiger partial charge in [-0.3, -0.25) is 9.59 Å². The summed E-state index contributed by atoms with van der Waals surface area (Å²) in [6.45, 7) is 4.35. The molecule has 21 heavy (non-hydrogen) atoms. The van der Waals surface area contributed by atoms with E-state index in [4.69, 9.17) is 9.47 Å². The second-order valence-corrected chi connectivity index (χ2v) is 5.28. The molecule has 0 saturated carbocycles. The maximum atomic E-state index is 12.1.